The van der Waals surface area contributed by atoms with Gasteiger partial charge in [0.2, 0.25) is 10.0 Å². The summed E-state index contributed by atoms with van der Waals surface area (Å²) >= 11 is 21.8. The van der Waals surface area contributed by atoms with E-state index in [1.54, 1.807) is 18.2 Å². The lowest BCUT2D eigenvalue weighted by molar-refractivity contribution is 0.393. The minimum atomic E-state index is -4.59. The molecule has 5 rings (SSSR count). The molecule has 18 heteroatoms. The van der Waals surface area contributed by atoms with Crippen LogP contribution in [0.4, 0.5) is 4.39 Å². The third-order valence-electron chi connectivity index (χ3n) is 7.70. The van der Waals surface area contributed by atoms with Gasteiger partial charge in [0.25, 0.3) is 0 Å². The summed E-state index contributed by atoms with van der Waals surface area (Å²) in [5.41, 5.74) is 1.60. The molecule has 5 aromatic rings. The number of sulfonamides is 1. The van der Waals surface area contributed by atoms with Gasteiger partial charge in [-0.1, -0.05) is 87.8 Å². The van der Waals surface area contributed by atoms with Gasteiger partial charge in [-0.3, -0.25) is 4.21 Å². The van der Waals surface area contributed by atoms with E-state index in [1.165, 1.54) is 60.7 Å². The van der Waals surface area contributed by atoms with Crippen LogP contribution in [0.25, 0.3) is 0 Å². The van der Waals surface area contributed by atoms with E-state index in [4.69, 9.17) is 51.1 Å². The van der Waals surface area contributed by atoms with Crippen molar-refractivity contribution in [2.24, 2.45) is 0 Å². The third-order valence-corrected chi connectivity index (χ3v) is 12.8. The van der Waals surface area contributed by atoms with Gasteiger partial charge in [-0.2, -0.15) is 4.31 Å². The first-order valence-corrected chi connectivity index (χ1v) is 21.0. The number of aromatic hydroxyl groups is 2. The number of hydrogen-bond acceptors (Lipinski definition) is 9. The number of benzene rings is 5. The van der Waals surface area contributed by atoms with Crippen molar-refractivity contribution in [3.63, 3.8) is 0 Å². The molecule has 0 aromatic heterocycles. The first-order chi connectivity index (χ1) is 24.9. The summed E-state index contributed by atoms with van der Waals surface area (Å²) in [7, 11) is -8.76. The topological polar surface area (TPSA) is 161 Å². The summed E-state index contributed by atoms with van der Waals surface area (Å²) in [6, 6.07) is 20.3. The molecule has 0 aliphatic heterocycles. The van der Waals surface area contributed by atoms with Gasteiger partial charge in [0.1, 0.15) is 27.1 Å². The van der Waals surface area contributed by atoms with E-state index < -0.39 is 63.8 Å². The van der Waals surface area contributed by atoms with Gasteiger partial charge in [-0.05, 0) is 89.3 Å². The molecule has 53 heavy (non-hydrogen) atoms. The zero-order chi connectivity index (χ0) is 38.7. The fourth-order valence-electron chi connectivity index (χ4n) is 5.19. The number of rotatable bonds is 14. The molecular weight excluding hydrogens is 835 g/mol. The number of halogens is 5. The van der Waals surface area contributed by atoms with Crippen molar-refractivity contribution in [2.45, 2.75) is 35.1 Å². The maximum absolute atomic E-state index is 14.2. The van der Waals surface area contributed by atoms with E-state index in [9.17, 15) is 40.2 Å². The standard InChI is InChI=1S/C35H28Cl4FNO9S3/c36-25-14-30(38)34(42)32(16-25)52(46,47)10-9-23-11-24(13-29(12-23)50-28-7-5-27(40)6-8-28)19-41(18-21-1-3-22(4-2-21)20-51(44)45)53(48,49)33-17-26(37)15-31(39)35(33)43/h1-8,11-17,42-43H,9-10,18-20H2,(H,44,45)/p-1. The molecule has 0 saturated heterocycles. The van der Waals surface area contributed by atoms with Crippen LogP contribution in [0.2, 0.25) is 20.1 Å². The Morgan fingerprint density at radius 1 is 0.679 bits per heavy atom. The van der Waals surface area contributed by atoms with Gasteiger partial charge in [0, 0.05) is 28.9 Å². The monoisotopic (exact) mass is 860 g/mol. The van der Waals surface area contributed by atoms with Crippen molar-refractivity contribution in [3.05, 3.63) is 139 Å². The Labute approximate surface area is 327 Å². The van der Waals surface area contributed by atoms with Gasteiger partial charge in [0.15, 0.2) is 21.3 Å². The van der Waals surface area contributed by atoms with Gasteiger partial charge in [-0.15, -0.1) is 0 Å². The first-order valence-electron chi connectivity index (χ1n) is 15.2. The van der Waals surface area contributed by atoms with E-state index in [0.717, 1.165) is 16.4 Å². The number of sulfone groups is 1. The number of nitrogens with zero attached hydrogens (tertiary/aromatic N) is 1. The van der Waals surface area contributed by atoms with Crippen LogP contribution in [0.15, 0.2) is 101 Å². The molecule has 0 radical (unpaired) electrons. The Hall–Kier alpha value is -3.44. The molecule has 0 bridgehead atoms. The molecule has 2 N–H and O–H groups in total. The van der Waals surface area contributed by atoms with Crippen LogP contribution < -0.4 is 4.74 Å². The summed E-state index contributed by atoms with van der Waals surface area (Å²) in [4.78, 5) is -1.06. The number of phenolic OH excluding ortho intramolecular Hbond substituents is 2. The summed E-state index contributed by atoms with van der Waals surface area (Å²) in [6.45, 7) is -0.655. The molecular formula is C35H27Cl4FNO9S3-. The lowest BCUT2D eigenvalue weighted by Gasteiger charge is -2.24. The normalized spacial score (nSPS) is 12.6. The van der Waals surface area contributed by atoms with Crippen molar-refractivity contribution in [3.8, 4) is 23.0 Å². The number of ether oxygens (including phenoxy) is 1. The predicted octanol–water partition coefficient (Wildman–Crippen LogP) is 8.43. The van der Waals surface area contributed by atoms with Crippen molar-refractivity contribution in [2.75, 3.05) is 5.75 Å². The smallest absolute Gasteiger partial charge is 0.247 e. The van der Waals surface area contributed by atoms with Crippen molar-refractivity contribution >= 4 is 77.3 Å². The Balaban J connectivity index is 1.56. The van der Waals surface area contributed by atoms with Crippen molar-refractivity contribution in [1.82, 2.24) is 4.31 Å². The zero-order valence-corrected chi connectivity index (χ0v) is 32.5. The van der Waals surface area contributed by atoms with E-state index >= 15 is 0 Å². The molecule has 10 nitrogen and oxygen atoms in total. The van der Waals surface area contributed by atoms with Crippen LogP contribution in [0.3, 0.4) is 0 Å². The van der Waals surface area contributed by atoms with Crippen LogP contribution in [-0.4, -0.2) is 45.9 Å². The number of hydrogen-bond donors (Lipinski definition) is 2. The summed E-state index contributed by atoms with van der Waals surface area (Å²) in [5.74, 6) is -2.32. The molecule has 0 saturated carbocycles. The van der Waals surface area contributed by atoms with Crippen LogP contribution in [0.5, 0.6) is 23.0 Å². The van der Waals surface area contributed by atoms with E-state index in [2.05, 4.69) is 0 Å². The fourth-order valence-corrected chi connectivity index (χ4v) is 9.87. The van der Waals surface area contributed by atoms with Crippen molar-refractivity contribution < 1.29 is 44.9 Å². The second kappa shape index (κ2) is 16.9. The minimum Gasteiger partial charge on any atom is -0.772 e. The molecule has 5 aromatic carbocycles. The molecule has 0 aliphatic rings. The lowest BCUT2D eigenvalue weighted by Crippen LogP contribution is -2.30. The highest BCUT2D eigenvalue weighted by Crippen LogP contribution is 2.38. The summed E-state index contributed by atoms with van der Waals surface area (Å²) in [5, 5.41) is 20.5. The SMILES string of the molecule is O=S([O-])Cc1ccc(CN(Cc2cc(CCS(=O)(=O)c3cc(Cl)cc(Cl)c3O)cc(Oc3ccc(F)cc3)c2)S(=O)(=O)c2cc(Cl)cc(Cl)c2O)cc1. The molecule has 0 aliphatic carbocycles. The van der Waals surface area contributed by atoms with E-state index in [-0.39, 0.29) is 56.9 Å². The highest BCUT2D eigenvalue weighted by Gasteiger charge is 2.30. The number of phenols is 2. The fraction of sp³-hybridized carbons (Fsp3) is 0.143. The summed E-state index contributed by atoms with van der Waals surface area (Å²) in [6.07, 6.45) is -0.153. The van der Waals surface area contributed by atoms with Gasteiger partial charge in [-0.25, -0.2) is 21.2 Å². The maximum Gasteiger partial charge on any atom is 0.247 e. The first kappa shape index (κ1) is 40.7. The second-order valence-corrected chi connectivity index (χ2v) is 18.2. The average Bonchev–Trinajstić information content (AvgIpc) is 3.08. The van der Waals surface area contributed by atoms with Crippen LogP contribution >= 0.6 is 46.4 Å². The summed E-state index contributed by atoms with van der Waals surface area (Å²) < 4.78 is 98.2. The molecule has 0 spiro atoms. The van der Waals surface area contributed by atoms with E-state index in [1.807, 2.05) is 0 Å². The Bertz CT molecular complexity index is 2400. The lowest BCUT2D eigenvalue weighted by atomic mass is 10.1. The molecule has 1 atom stereocenters. The predicted molar refractivity (Wildman–Crippen MR) is 200 cm³/mol. The van der Waals surface area contributed by atoms with Gasteiger partial charge in [0.05, 0.1) is 15.8 Å². The maximum atomic E-state index is 14.2. The van der Waals surface area contributed by atoms with Crippen LogP contribution in [-0.2, 0) is 56.2 Å². The Kier molecular flexibility index (Phi) is 13.0. The zero-order valence-electron chi connectivity index (χ0n) is 27.0. The third kappa shape index (κ3) is 10.4. The highest BCUT2D eigenvalue weighted by molar-refractivity contribution is 7.91. The molecule has 0 heterocycles. The van der Waals surface area contributed by atoms with Crippen LogP contribution in [0, 0.1) is 5.82 Å². The van der Waals surface area contributed by atoms with Crippen LogP contribution in [0.1, 0.15) is 22.3 Å². The highest BCUT2D eigenvalue weighted by atomic mass is 35.5. The quantitative estimate of drug-likeness (QED) is 0.104. The van der Waals surface area contributed by atoms with Gasteiger partial charge < -0.3 is 19.5 Å². The van der Waals surface area contributed by atoms with E-state index in [0.29, 0.717) is 22.3 Å². The second-order valence-electron chi connectivity index (χ2n) is 11.6. The van der Waals surface area contributed by atoms with Gasteiger partial charge >= 0.3 is 0 Å². The number of aryl methyl sites for hydroxylation is 1. The Morgan fingerprint density at radius 2 is 1.21 bits per heavy atom. The molecule has 0 amide bonds. The molecule has 0 fully saturated rings. The average molecular weight is 863 g/mol. The Morgan fingerprint density at radius 3 is 1.81 bits per heavy atom. The molecule has 1 unspecified atom stereocenters. The largest absolute Gasteiger partial charge is 0.772 e. The van der Waals surface area contributed by atoms with Crippen molar-refractivity contribution in [1.29, 1.82) is 0 Å². The minimum absolute atomic E-state index is 0.00768. The molecule has 280 valence electrons.